The molecule has 4 aromatic rings. The van der Waals surface area contributed by atoms with Crippen LogP contribution >= 0.6 is 11.6 Å². The molecule has 0 saturated heterocycles. The summed E-state index contributed by atoms with van der Waals surface area (Å²) in [6.45, 7) is 0. The monoisotopic (exact) mass is 455 g/mol. The number of fused-ring (bicyclic) bond motifs is 1. The summed E-state index contributed by atoms with van der Waals surface area (Å²) < 4.78 is 32.7. The zero-order valence-corrected chi connectivity index (χ0v) is 18.1. The number of nitrogens with zero attached hydrogens (tertiary/aromatic N) is 3. The van der Waals surface area contributed by atoms with Gasteiger partial charge < -0.3 is 4.74 Å². The Morgan fingerprint density at radius 1 is 1.13 bits per heavy atom. The third-order valence-corrected chi connectivity index (χ3v) is 7.12. The van der Waals surface area contributed by atoms with Crippen molar-refractivity contribution in [3.05, 3.63) is 83.4 Å². The van der Waals surface area contributed by atoms with Gasteiger partial charge in [-0.2, -0.15) is 0 Å². The minimum atomic E-state index is -3.80. The lowest BCUT2D eigenvalue weighted by molar-refractivity contribution is 0.0982. The molecule has 31 heavy (non-hydrogen) atoms. The fourth-order valence-corrected chi connectivity index (χ4v) is 4.91. The molecule has 2 aromatic carbocycles. The van der Waals surface area contributed by atoms with Crippen LogP contribution in [0.3, 0.4) is 0 Å². The molecule has 2 aromatic heterocycles. The van der Waals surface area contributed by atoms with Crippen molar-refractivity contribution >= 4 is 33.0 Å². The highest BCUT2D eigenvalue weighted by Gasteiger charge is 2.21. The average molecular weight is 456 g/mol. The number of benzene rings is 2. The van der Waals surface area contributed by atoms with Crippen LogP contribution in [-0.2, 0) is 16.3 Å². The summed E-state index contributed by atoms with van der Waals surface area (Å²) in [5.74, 6) is 0.883. The number of imidazole rings is 1. The number of ketones is 1. The summed E-state index contributed by atoms with van der Waals surface area (Å²) in [7, 11) is -2.35. The minimum absolute atomic E-state index is 0.0150. The Morgan fingerprint density at radius 3 is 2.65 bits per heavy atom. The maximum absolute atomic E-state index is 13.0. The molecule has 2 heterocycles. The van der Waals surface area contributed by atoms with Gasteiger partial charge in [-0.1, -0.05) is 23.7 Å². The molecule has 0 fully saturated rings. The van der Waals surface area contributed by atoms with Crippen LogP contribution in [-0.4, -0.2) is 35.7 Å². The number of sulfone groups is 1. The van der Waals surface area contributed by atoms with Gasteiger partial charge in [-0.15, -0.1) is 0 Å². The van der Waals surface area contributed by atoms with Crippen molar-refractivity contribution in [2.45, 2.75) is 22.6 Å². The lowest BCUT2D eigenvalue weighted by Gasteiger charge is -2.09. The van der Waals surface area contributed by atoms with Crippen molar-refractivity contribution in [2.75, 3.05) is 7.11 Å². The molecule has 0 amide bonds. The summed E-state index contributed by atoms with van der Waals surface area (Å²) >= 11 is 6.11. The number of ether oxygens (including phenoxy) is 1. The van der Waals surface area contributed by atoms with Gasteiger partial charge >= 0.3 is 0 Å². The van der Waals surface area contributed by atoms with Crippen LogP contribution < -0.4 is 4.74 Å². The lowest BCUT2D eigenvalue weighted by atomic mass is 10.0. The average Bonchev–Trinajstić information content (AvgIpc) is 3.26. The van der Waals surface area contributed by atoms with E-state index in [0.29, 0.717) is 23.5 Å². The third-order valence-electron chi connectivity index (χ3n) is 4.87. The van der Waals surface area contributed by atoms with Crippen molar-refractivity contribution in [1.82, 2.24) is 14.4 Å². The van der Waals surface area contributed by atoms with Gasteiger partial charge in [0.25, 0.3) is 0 Å². The quantitative estimate of drug-likeness (QED) is 0.390. The van der Waals surface area contributed by atoms with Gasteiger partial charge in [0.1, 0.15) is 5.75 Å². The van der Waals surface area contributed by atoms with Gasteiger partial charge in [-0.25, -0.2) is 18.4 Å². The zero-order chi connectivity index (χ0) is 22.0. The van der Waals surface area contributed by atoms with Crippen molar-refractivity contribution in [2.24, 2.45) is 0 Å². The molecular weight excluding hydrogens is 438 g/mol. The maximum atomic E-state index is 13.0. The molecule has 0 radical (unpaired) electrons. The van der Waals surface area contributed by atoms with Crippen LogP contribution in [0.2, 0.25) is 5.02 Å². The van der Waals surface area contributed by atoms with Gasteiger partial charge in [-0.3, -0.25) is 9.20 Å². The lowest BCUT2D eigenvalue weighted by Crippen LogP contribution is -2.05. The molecule has 0 aliphatic carbocycles. The molecule has 9 heteroatoms. The standard InChI is InChI=1S/C22H18ClN3O4S/c1-30-17-5-8-19(23)21(12-17)31(28,29)18-6-2-15(3-7-18)4-9-20(27)16-13-25-22-24-10-11-26(22)14-16/h2-3,5-8,10-14H,4,9H2,1H3. The molecule has 0 aliphatic rings. The number of hydrogen-bond donors (Lipinski definition) is 0. The molecule has 0 atom stereocenters. The van der Waals surface area contributed by atoms with E-state index in [1.54, 1.807) is 41.2 Å². The first-order chi connectivity index (χ1) is 14.9. The molecule has 158 valence electrons. The molecule has 7 nitrogen and oxygen atoms in total. The van der Waals surface area contributed by atoms with E-state index < -0.39 is 9.84 Å². The molecule has 0 unspecified atom stereocenters. The van der Waals surface area contributed by atoms with Crippen molar-refractivity contribution < 1.29 is 17.9 Å². The predicted molar refractivity (Wildman–Crippen MR) is 116 cm³/mol. The Hall–Kier alpha value is -3.23. The third kappa shape index (κ3) is 4.30. The Morgan fingerprint density at radius 2 is 1.90 bits per heavy atom. The van der Waals surface area contributed by atoms with Crippen LogP contribution in [0.5, 0.6) is 5.75 Å². The summed E-state index contributed by atoms with van der Waals surface area (Å²) in [6.07, 6.45) is 7.30. The summed E-state index contributed by atoms with van der Waals surface area (Å²) in [5, 5.41) is 0.124. The number of carbonyl (C=O) groups is 1. The number of methoxy groups -OCH3 is 1. The second kappa shape index (κ2) is 8.49. The van der Waals surface area contributed by atoms with E-state index in [9.17, 15) is 13.2 Å². The Bertz CT molecular complexity index is 1370. The van der Waals surface area contributed by atoms with E-state index in [4.69, 9.17) is 16.3 Å². The fourth-order valence-electron chi connectivity index (χ4n) is 3.14. The van der Waals surface area contributed by atoms with Crippen molar-refractivity contribution in [1.29, 1.82) is 0 Å². The Balaban J connectivity index is 1.48. The number of hydrogen-bond acceptors (Lipinski definition) is 6. The van der Waals surface area contributed by atoms with Crippen LogP contribution in [0.15, 0.2) is 77.0 Å². The minimum Gasteiger partial charge on any atom is -0.497 e. The first kappa shape index (κ1) is 21.0. The van der Waals surface area contributed by atoms with Gasteiger partial charge in [0, 0.05) is 37.3 Å². The molecule has 0 aliphatic heterocycles. The van der Waals surface area contributed by atoms with E-state index >= 15 is 0 Å². The first-order valence-electron chi connectivity index (χ1n) is 9.38. The SMILES string of the molecule is COc1ccc(Cl)c(S(=O)(=O)c2ccc(CCC(=O)c3cnc4nccn4c3)cc2)c1. The molecule has 0 saturated carbocycles. The number of rotatable bonds is 7. The Kier molecular flexibility index (Phi) is 5.75. The molecule has 0 N–H and O–H groups in total. The first-order valence-corrected chi connectivity index (χ1v) is 11.2. The highest BCUT2D eigenvalue weighted by molar-refractivity contribution is 7.91. The van der Waals surface area contributed by atoms with Crippen LogP contribution in [0.25, 0.3) is 5.78 Å². The van der Waals surface area contributed by atoms with E-state index in [1.165, 1.54) is 37.6 Å². The van der Waals surface area contributed by atoms with E-state index in [1.807, 2.05) is 0 Å². The highest BCUT2D eigenvalue weighted by Crippen LogP contribution is 2.31. The summed E-state index contributed by atoms with van der Waals surface area (Å²) in [4.78, 5) is 20.8. The van der Waals surface area contributed by atoms with Crippen LogP contribution in [0, 0.1) is 0 Å². The van der Waals surface area contributed by atoms with Gasteiger partial charge in [0.15, 0.2) is 5.78 Å². The van der Waals surface area contributed by atoms with E-state index in [0.717, 1.165) is 5.56 Å². The van der Waals surface area contributed by atoms with Gasteiger partial charge in [0.2, 0.25) is 15.6 Å². The maximum Gasteiger partial charge on any atom is 0.233 e. The number of halogens is 1. The van der Waals surface area contributed by atoms with Gasteiger partial charge in [-0.05, 0) is 36.2 Å². The number of carbonyl (C=O) groups excluding carboxylic acids is 1. The number of Topliss-reactive ketones (excluding diaryl/α,β-unsaturated/α-hetero) is 1. The van der Waals surface area contributed by atoms with Crippen molar-refractivity contribution in [3.8, 4) is 5.75 Å². The van der Waals surface area contributed by atoms with Gasteiger partial charge in [0.05, 0.1) is 27.5 Å². The molecular formula is C22H18ClN3O4S. The predicted octanol–water partition coefficient (Wildman–Crippen LogP) is 4.04. The second-order valence-corrected chi connectivity index (χ2v) is 9.17. The topological polar surface area (TPSA) is 90.6 Å². The summed E-state index contributed by atoms with van der Waals surface area (Å²) in [6, 6.07) is 10.9. The Labute approximate surface area is 184 Å². The van der Waals surface area contributed by atoms with Crippen LogP contribution in [0.4, 0.5) is 0 Å². The summed E-state index contributed by atoms with van der Waals surface area (Å²) in [5.41, 5.74) is 1.35. The van der Waals surface area contributed by atoms with E-state index in [-0.39, 0.29) is 27.0 Å². The van der Waals surface area contributed by atoms with Crippen molar-refractivity contribution in [3.63, 3.8) is 0 Å². The molecule has 0 bridgehead atoms. The second-order valence-electron chi connectivity index (χ2n) is 6.84. The zero-order valence-electron chi connectivity index (χ0n) is 16.5. The fraction of sp³-hybridized carbons (Fsp3) is 0.136. The van der Waals surface area contributed by atoms with E-state index in [2.05, 4.69) is 9.97 Å². The number of aromatic nitrogens is 3. The normalized spacial score (nSPS) is 11.5. The largest absolute Gasteiger partial charge is 0.497 e. The molecule has 0 spiro atoms. The highest BCUT2D eigenvalue weighted by atomic mass is 35.5. The number of aryl methyl sites for hydroxylation is 1. The molecule has 4 rings (SSSR count). The smallest absolute Gasteiger partial charge is 0.233 e. The van der Waals surface area contributed by atoms with Crippen LogP contribution in [0.1, 0.15) is 22.3 Å².